The molecule has 1 aromatic carbocycles. The second-order valence-corrected chi connectivity index (χ2v) is 9.36. The van der Waals surface area contributed by atoms with E-state index in [9.17, 15) is 14.4 Å². The van der Waals surface area contributed by atoms with Gasteiger partial charge in [-0.05, 0) is 23.3 Å². The predicted molar refractivity (Wildman–Crippen MR) is 136 cm³/mol. The number of carbonyl (C=O) groups excluding carboxylic acids is 3. The maximum absolute atomic E-state index is 12.2. The number of hydrogen-bond acceptors (Lipinski definition) is 11. The second kappa shape index (κ2) is 13.0. The molecule has 0 bridgehead atoms. The Morgan fingerprint density at radius 3 is 2.35 bits per heavy atom. The summed E-state index contributed by atoms with van der Waals surface area (Å²) in [7, 11) is 0. The predicted octanol–water partition coefficient (Wildman–Crippen LogP) is 1.98. The van der Waals surface area contributed by atoms with Crippen LogP contribution < -0.4 is 27.3 Å². The van der Waals surface area contributed by atoms with E-state index in [1.165, 1.54) is 37.4 Å². The Morgan fingerprint density at radius 1 is 1.06 bits per heavy atom. The molecule has 2 aromatic rings. The average molecular weight is 526 g/mol. The van der Waals surface area contributed by atoms with Crippen molar-refractivity contribution in [3.63, 3.8) is 0 Å². The molecule has 0 aliphatic heterocycles. The fourth-order valence-electron chi connectivity index (χ4n) is 2.48. The third-order valence-electron chi connectivity index (χ3n) is 4.04. The van der Waals surface area contributed by atoms with Crippen molar-refractivity contribution < 1.29 is 19.1 Å². The first-order valence-corrected chi connectivity index (χ1v) is 12.1. The molecule has 0 radical (unpaired) electrons. The van der Waals surface area contributed by atoms with Gasteiger partial charge in [0, 0.05) is 25.4 Å². The van der Waals surface area contributed by atoms with Gasteiger partial charge in [-0.3, -0.25) is 19.7 Å². The Bertz CT molecular complexity index is 1110. The Morgan fingerprint density at radius 2 is 1.71 bits per heavy atom. The summed E-state index contributed by atoms with van der Waals surface area (Å²) in [6.07, 6.45) is 0. The first kappa shape index (κ1) is 27.2. The fourth-order valence-corrected chi connectivity index (χ4v) is 3.87. The zero-order valence-electron chi connectivity index (χ0n) is 18.5. The summed E-state index contributed by atoms with van der Waals surface area (Å²) in [4.78, 5) is 46.4. The highest BCUT2D eigenvalue weighted by Crippen LogP contribution is 2.26. The van der Waals surface area contributed by atoms with E-state index < -0.39 is 5.91 Å². The van der Waals surface area contributed by atoms with Crippen molar-refractivity contribution in [3.05, 3.63) is 40.2 Å². The van der Waals surface area contributed by atoms with E-state index in [-0.39, 0.29) is 51.8 Å². The summed E-state index contributed by atoms with van der Waals surface area (Å²) in [6.45, 7) is 3.33. The number of guanidine groups is 1. The molecule has 0 saturated heterocycles. The lowest BCUT2D eigenvalue weighted by Gasteiger charge is -2.12. The van der Waals surface area contributed by atoms with Gasteiger partial charge >= 0.3 is 0 Å². The number of aliphatic imine (C=N–C) groups is 1. The minimum Gasteiger partial charge on any atom is -0.492 e. The molecule has 0 atom stereocenters. The number of halogens is 1. The van der Waals surface area contributed by atoms with Gasteiger partial charge < -0.3 is 21.9 Å². The van der Waals surface area contributed by atoms with Crippen LogP contribution in [0.25, 0.3) is 0 Å². The number of ether oxygens (including phenoxy) is 1. The van der Waals surface area contributed by atoms with E-state index in [4.69, 9.17) is 33.5 Å². The summed E-state index contributed by atoms with van der Waals surface area (Å²) >= 11 is 8.15. The van der Waals surface area contributed by atoms with Crippen LogP contribution in [0, 0.1) is 0 Å². The van der Waals surface area contributed by atoms with E-state index in [1.807, 2.05) is 12.1 Å². The number of anilines is 2. The first-order chi connectivity index (χ1) is 16.1. The Balaban J connectivity index is 1.95. The molecule has 0 saturated carbocycles. The van der Waals surface area contributed by atoms with Crippen molar-refractivity contribution in [3.8, 4) is 5.75 Å². The molecular formula is C20H24ClN7O4S2. The quantitative estimate of drug-likeness (QED) is 0.213. The number of nitrogens with one attached hydrogen (secondary N) is 1. The lowest BCUT2D eigenvalue weighted by molar-refractivity contribution is -0.109. The van der Waals surface area contributed by atoms with Gasteiger partial charge in [0.05, 0.1) is 6.54 Å². The van der Waals surface area contributed by atoms with E-state index in [1.54, 1.807) is 6.07 Å². The van der Waals surface area contributed by atoms with Crippen LogP contribution in [-0.4, -0.2) is 45.2 Å². The zero-order chi connectivity index (χ0) is 25.3. The van der Waals surface area contributed by atoms with Gasteiger partial charge in [-0.2, -0.15) is 0 Å². The largest absolute Gasteiger partial charge is 0.492 e. The SMILES string of the molecule is CC(=O)SCc1ccc(OCCN=C(N)NC(=O)c2nc(Cl)c(N)nc2N)cc1CSC(C)=O. The second-order valence-electron chi connectivity index (χ2n) is 6.69. The maximum Gasteiger partial charge on any atom is 0.280 e. The smallest absolute Gasteiger partial charge is 0.280 e. The van der Waals surface area contributed by atoms with E-state index >= 15 is 0 Å². The molecule has 182 valence electrons. The Hall–Kier alpha value is -3.03. The van der Waals surface area contributed by atoms with Crippen LogP contribution in [0.15, 0.2) is 23.2 Å². The molecular weight excluding hydrogens is 502 g/mol. The van der Waals surface area contributed by atoms with Crippen LogP contribution in [0.3, 0.4) is 0 Å². The minimum atomic E-state index is -0.735. The molecule has 34 heavy (non-hydrogen) atoms. The maximum atomic E-state index is 12.2. The van der Waals surface area contributed by atoms with Gasteiger partial charge in [-0.1, -0.05) is 41.2 Å². The molecule has 1 amide bonds. The number of benzene rings is 1. The van der Waals surface area contributed by atoms with Gasteiger partial charge in [0.2, 0.25) is 0 Å². The molecule has 0 spiro atoms. The third kappa shape index (κ3) is 8.72. The Kier molecular flexibility index (Phi) is 10.4. The number of nitrogens with zero attached hydrogens (tertiary/aromatic N) is 3. The molecule has 1 heterocycles. The van der Waals surface area contributed by atoms with Crippen LogP contribution >= 0.6 is 35.1 Å². The lowest BCUT2D eigenvalue weighted by atomic mass is 10.1. The summed E-state index contributed by atoms with van der Waals surface area (Å²) < 4.78 is 5.71. The molecule has 0 aliphatic rings. The third-order valence-corrected chi connectivity index (χ3v) is 6.05. The van der Waals surface area contributed by atoms with Crippen LogP contribution in [0.1, 0.15) is 35.5 Å². The summed E-state index contributed by atoms with van der Waals surface area (Å²) in [5.74, 6) is 0.366. The molecule has 0 aliphatic carbocycles. The fraction of sp³-hybridized carbons (Fsp3) is 0.300. The minimum absolute atomic E-state index is 0.00247. The van der Waals surface area contributed by atoms with Crippen molar-refractivity contribution in [2.75, 3.05) is 24.6 Å². The van der Waals surface area contributed by atoms with Crippen molar-refractivity contribution in [2.24, 2.45) is 10.7 Å². The van der Waals surface area contributed by atoms with Crippen LogP contribution in [-0.2, 0) is 21.1 Å². The van der Waals surface area contributed by atoms with Gasteiger partial charge in [0.25, 0.3) is 5.91 Å². The summed E-state index contributed by atoms with van der Waals surface area (Å²) in [6, 6.07) is 5.47. The molecule has 7 N–H and O–H groups in total. The highest BCUT2D eigenvalue weighted by molar-refractivity contribution is 8.13. The number of rotatable bonds is 9. The number of nitrogen functional groups attached to an aromatic ring is 2. The molecule has 0 unspecified atom stereocenters. The van der Waals surface area contributed by atoms with Gasteiger partial charge in [-0.15, -0.1) is 0 Å². The highest BCUT2D eigenvalue weighted by atomic mass is 35.5. The number of carbonyl (C=O) groups is 3. The summed E-state index contributed by atoms with van der Waals surface area (Å²) in [5.41, 5.74) is 18.5. The van der Waals surface area contributed by atoms with Crippen molar-refractivity contribution in [1.29, 1.82) is 0 Å². The molecule has 11 nitrogen and oxygen atoms in total. The number of thioether (sulfide) groups is 2. The van der Waals surface area contributed by atoms with Crippen LogP contribution in [0.5, 0.6) is 5.75 Å². The number of hydrogen-bond donors (Lipinski definition) is 4. The van der Waals surface area contributed by atoms with Crippen molar-refractivity contribution in [1.82, 2.24) is 15.3 Å². The number of aromatic nitrogens is 2. The topological polar surface area (TPSA) is 189 Å². The van der Waals surface area contributed by atoms with Crippen LogP contribution in [0.4, 0.5) is 11.6 Å². The lowest BCUT2D eigenvalue weighted by Crippen LogP contribution is -2.38. The average Bonchev–Trinajstić information content (AvgIpc) is 2.76. The zero-order valence-corrected chi connectivity index (χ0v) is 20.9. The summed E-state index contributed by atoms with van der Waals surface area (Å²) in [5, 5.41) is 2.19. The van der Waals surface area contributed by atoms with Gasteiger partial charge in [0.1, 0.15) is 12.4 Å². The monoisotopic (exact) mass is 525 g/mol. The Labute approximate surface area is 209 Å². The van der Waals surface area contributed by atoms with Gasteiger partial charge in [-0.25, -0.2) is 15.0 Å². The standard InChI is InChI=1S/C20H24ClN7O4S2/c1-10(29)33-8-12-3-4-14(7-13(12)9-34-11(2)30)32-6-5-25-20(24)28-19(31)15-17(22)27-18(23)16(21)26-15/h3-4,7H,5-6,8-9H2,1-2H3,(H4,22,23,27)(H3,24,25,28,31). The van der Waals surface area contributed by atoms with E-state index in [0.29, 0.717) is 17.3 Å². The number of nitrogens with two attached hydrogens (primary N) is 3. The molecule has 1 aromatic heterocycles. The van der Waals surface area contributed by atoms with Crippen LogP contribution in [0.2, 0.25) is 5.15 Å². The van der Waals surface area contributed by atoms with Gasteiger partial charge in [0.15, 0.2) is 38.7 Å². The number of amides is 1. The van der Waals surface area contributed by atoms with E-state index in [0.717, 1.165) is 11.1 Å². The normalized spacial score (nSPS) is 11.2. The molecule has 14 heteroatoms. The van der Waals surface area contributed by atoms with E-state index in [2.05, 4.69) is 20.3 Å². The van der Waals surface area contributed by atoms with Crippen molar-refractivity contribution >= 4 is 68.9 Å². The molecule has 0 fully saturated rings. The molecule has 2 rings (SSSR count). The van der Waals surface area contributed by atoms with Crippen molar-refractivity contribution in [2.45, 2.75) is 25.4 Å². The highest BCUT2D eigenvalue weighted by Gasteiger charge is 2.16. The first-order valence-electron chi connectivity index (χ1n) is 9.78.